The molecule has 2 aliphatic heterocycles. The van der Waals surface area contributed by atoms with E-state index < -0.39 is 77.3 Å². The van der Waals surface area contributed by atoms with E-state index in [1.807, 2.05) is 6.08 Å². The van der Waals surface area contributed by atoms with Gasteiger partial charge in [-0.15, -0.1) is 0 Å². The quantitative estimate of drug-likeness (QED) is 0.240. The Morgan fingerprint density at radius 3 is 2.27 bits per heavy atom. The zero-order chi connectivity index (χ0) is 31.1. The van der Waals surface area contributed by atoms with Gasteiger partial charge in [-0.3, -0.25) is 24.1 Å². The number of hydrogen-bond donors (Lipinski definition) is 3. The van der Waals surface area contributed by atoms with Crippen LogP contribution in [0.1, 0.15) is 31.2 Å². The van der Waals surface area contributed by atoms with Gasteiger partial charge in [0.25, 0.3) is 0 Å². The van der Waals surface area contributed by atoms with Crippen molar-refractivity contribution in [3.05, 3.63) is 95.8 Å². The van der Waals surface area contributed by atoms with E-state index in [9.17, 15) is 38.7 Å². The summed E-state index contributed by atoms with van der Waals surface area (Å²) in [7, 11) is -1.80. The highest BCUT2D eigenvalue weighted by Gasteiger charge is 2.68. The van der Waals surface area contributed by atoms with Gasteiger partial charge in [-0.1, -0.05) is 54.1 Å². The van der Waals surface area contributed by atoms with E-state index in [4.69, 9.17) is 0 Å². The molecule has 9 nitrogen and oxygen atoms in total. The number of phenolic OH excluding ortho intramolecular Hbond substituents is 1. The summed E-state index contributed by atoms with van der Waals surface area (Å²) in [5.74, 6) is -7.53. The standard InChI is InChI=1S/C33H28BFN2O7/c1-33-24(30(40)37(32(33)42)18-8-3-2-4-9-18)16-23-20(27(33)22-11-6-12-25(35)28(22)38)13-14-21-26(23)31(41)36(29(21)39)19-10-5-7-17(15-19)34(43)44/h2-13,15,21,23-24,26-27,38,43-44H,14,16H2,1H3. The third-order valence-corrected chi connectivity index (χ3v) is 10.0. The Morgan fingerprint density at radius 2 is 1.55 bits per heavy atom. The van der Waals surface area contributed by atoms with Crippen LogP contribution in [0.5, 0.6) is 5.75 Å². The molecule has 6 atom stereocenters. The highest BCUT2D eigenvalue weighted by Crippen LogP contribution is 2.64. The molecule has 6 unspecified atom stereocenters. The van der Waals surface area contributed by atoms with Crippen LogP contribution >= 0.6 is 0 Å². The number of imide groups is 2. The number of aromatic hydroxyl groups is 1. The summed E-state index contributed by atoms with van der Waals surface area (Å²) in [4.78, 5) is 58.5. The van der Waals surface area contributed by atoms with E-state index >= 15 is 0 Å². The number of allylic oxidation sites excluding steroid dienone is 2. The van der Waals surface area contributed by atoms with Gasteiger partial charge in [0.05, 0.1) is 34.5 Å². The number of halogens is 1. The van der Waals surface area contributed by atoms with Crippen molar-refractivity contribution in [2.45, 2.75) is 25.7 Å². The van der Waals surface area contributed by atoms with E-state index in [-0.39, 0.29) is 29.6 Å². The first kappa shape index (κ1) is 28.2. The van der Waals surface area contributed by atoms with Crippen LogP contribution < -0.4 is 15.3 Å². The topological polar surface area (TPSA) is 135 Å². The molecule has 3 N–H and O–H groups in total. The number of nitrogens with zero attached hydrogens (tertiary/aromatic N) is 2. The van der Waals surface area contributed by atoms with Crippen molar-refractivity contribution in [3.8, 4) is 5.75 Å². The lowest BCUT2D eigenvalue weighted by molar-refractivity contribution is -0.131. The van der Waals surface area contributed by atoms with Crippen LogP contribution in [0.15, 0.2) is 84.4 Å². The number of rotatable bonds is 4. The second-order valence-electron chi connectivity index (χ2n) is 12.2. The highest BCUT2D eigenvalue weighted by atomic mass is 19.1. The molecule has 11 heteroatoms. The number of hydrogen-bond acceptors (Lipinski definition) is 7. The van der Waals surface area contributed by atoms with Gasteiger partial charge in [0.15, 0.2) is 11.6 Å². The molecule has 2 saturated heterocycles. The van der Waals surface area contributed by atoms with Gasteiger partial charge in [0, 0.05) is 11.5 Å². The van der Waals surface area contributed by atoms with Crippen LogP contribution in [0.3, 0.4) is 0 Å². The summed E-state index contributed by atoms with van der Waals surface area (Å²) in [6.07, 6.45) is 2.08. The number of para-hydroxylation sites is 2. The lowest BCUT2D eigenvalue weighted by Gasteiger charge is -2.49. The molecule has 0 radical (unpaired) electrons. The van der Waals surface area contributed by atoms with Crippen molar-refractivity contribution >= 4 is 47.6 Å². The second kappa shape index (κ2) is 9.97. The van der Waals surface area contributed by atoms with Crippen molar-refractivity contribution in [1.29, 1.82) is 0 Å². The number of benzene rings is 3. The minimum absolute atomic E-state index is 0.103. The van der Waals surface area contributed by atoms with Gasteiger partial charge in [0.2, 0.25) is 23.6 Å². The normalized spacial score (nSPS) is 29.4. The van der Waals surface area contributed by atoms with Gasteiger partial charge < -0.3 is 15.2 Å². The third-order valence-electron chi connectivity index (χ3n) is 10.0. The molecule has 2 heterocycles. The van der Waals surface area contributed by atoms with E-state index in [0.29, 0.717) is 11.3 Å². The van der Waals surface area contributed by atoms with Crippen molar-refractivity contribution in [2.24, 2.45) is 29.1 Å². The number of carbonyl (C=O) groups excluding carboxylic acids is 4. The average molecular weight is 594 g/mol. The summed E-state index contributed by atoms with van der Waals surface area (Å²) in [5, 5.41) is 30.3. The van der Waals surface area contributed by atoms with Crippen LogP contribution in [-0.2, 0) is 19.2 Å². The Balaban J connectivity index is 1.37. The first-order valence-electron chi connectivity index (χ1n) is 14.5. The molecule has 222 valence electrons. The predicted molar refractivity (Wildman–Crippen MR) is 158 cm³/mol. The van der Waals surface area contributed by atoms with Crippen LogP contribution in [0.4, 0.5) is 15.8 Å². The van der Waals surface area contributed by atoms with Gasteiger partial charge in [0.1, 0.15) is 0 Å². The number of fused-ring (bicyclic) bond motifs is 4. The lowest BCUT2D eigenvalue weighted by Crippen LogP contribution is -2.49. The molecule has 0 bridgehead atoms. The van der Waals surface area contributed by atoms with E-state index in [0.717, 1.165) is 15.9 Å². The zero-order valence-electron chi connectivity index (χ0n) is 23.6. The zero-order valence-corrected chi connectivity index (χ0v) is 23.6. The number of anilines is 2. The van der Waals surface area contributed by atoms with Crippen LogP contribution in [0, 0.1) is 34.9 Å². The fourth-order valence-electron chi connectivity index (χ4n) is 8.03. The molecule has 3 fully saturated rings. The van der Waals surface area contributed by atoms with E-state index in [2.05, 4.69) is 0 Å². The van der Waals surface area contributed by atoms with Gasteiger partial charge in [-0.25, -0.2) is 9.29 Å². The van der Waals surface area contributed by atoms with Gasteiger partial charge in [-0.2, -0.15) is 0 Å². The Hall–Kier alpha value is -4.61. The lowest BCUT2D eigenvalue weighted by atomic mass is 9.51. The van der Waals surface area contributed by atoms with E-state index in [1.54, 1.807) is 37.3 Å². The molecule has 0 aromatic heterocycles. The molecular weight excluding hydrogens is 566 g/mol. The molecule has 3 aromatic rings. The molecule has 7 rings (SSSR count). The Morgan fingerprint density at radius 1 is 0.841 bits per heavy atom. The third kappa shape index (κ3) is 3.79. The number of carbonyl (C=O) groups is 4. The average Bonchev–Trinajstić information content (AvgIpc) is 3.38. The van der Waals surface area contributed by atoms with Crippen molar-refractivity contribution in [1.82, 2.24) is 0 Å². The SMILES string of the molecule is CC12C(=O)N(c3ccccc3)C(=O)C1CC1C(=CCC3C(=O)N(c4cccc(B(O)O)c4)C(=O)C31)C2c1cccc(F)c1O. The van der Waals surface area contributed by atoms with Crippen LogP contribution in [0.25, 0.3) is 0 Å². The Bertz CT molecular complexity index is 1780. The monoisotopic (exact) mass is 594 g/mol. The largest absolute Gasteiger partial charge is 0.505 e. The summed E-state index contributed by atoms with van der Waals surface area (Å²) in [6.45, 7) is 1.67. The number of amides is 4. The maximum atomic E-state index is 14.8. The maximum absolute atomic E-state index is 14.8. The molecule has 1 saturated carbocycles. The van der Waals surface area contributed by atoms with Crippen molar-refractivity contribution < 1.29 is 38.7 Å². The fraction of sp³-hybridized carbons (Fsp3) is 0.273. The summed E-state index contributed by atoms with van der Waals surface area (Å²) >= 11 is 0. The van der Waals surface area contributed by atoms with E-state index in [1.165, 1.54) is 36.4 Å². The predicted octanol–water partition coefficient (Wildman–Crippen LogP) is 2.65. The minimum Gasteiger partial charge on any atom is -0.505 e. The highest BCUT2D eigenvalue weighted by molar-refractivity contribution is 6.58. The molecule has 3 aromatic carbocycles. The summed E-state index contributed by atoms with van der Waals surface area (Å²) in [6, 6.07) is 18.5. The molecule has 4 aliphatic rings. The van der Waals surface area contributed by atoms with Crippen LogP contribution in [-0.4, -0.2) is 45.9 Å². The second-order valence-corrected chi connectivity index (χ2v) is 12.2. The first-order valence-corrected chi connectivity index (χ1v) is 14.5. The summed E-state index contributed by atoms with van der Waals surface area (Å²) in [5.41, 5.74) is 0.0431. The molecular formula is C33H28BFN2O7. The fourth-order valence-corrected chi connectivity index (χ4v) is 8.03. The molecule has 2 aliphatic carbocycles. The summed E-state index contributed by atoms with van der Waals surface area (Å²) < 4.78 is 14.8. The Labute approximate surface area is 252 Å². The first-order chi connectivity index (χ1) is 21.1. The van der Waals surface area contributed by atoms with Crippen molar-refractivity contribution in [2.75, 3.05) is 9.80 Å². The van der Waals surface area contributed by atoms with Crippen molar-refractivity contribution in [3.63, 3.8) is 0 Å². The van der Waals surface area contributed by atoms with Crippen LogP contribution in [0.2, 0.25) is 0 Å². The molecule has 4 amide bonds. The molecule has 0 spiro atoms. The van der Waals surface area contributed by atoms with Gasteiger partial charge >= 0.3 is 7.12 Å². The molecule has 44 heavy (non-hydrogen) atoms. The Kier molecular flexibility index (Phi) is 6.38. The minimum atomic E-state index is -1.80. The maximum Gasteiger partial charge on any atom is 0.488 e. The smallest absolute Gasteiger partial charge is 0.488 e. The van der Waals surface area contributed by atoms with Gasteiger partial charge in [-0.05, 0) is 61.5 Å². The number of phenols is 1.